The van der Waals surface area contributed by atoms with Crippen molar-refractivity contribution in [3.05, 3.63) is 29.3 Å². The molecule has 25 heavy (non-hydrogen) atoms. The molecule has 3 aliphatic heterocycles. The minimum Gasteiger partial charge on any atom is -0.369 e. The van der Waals surface area contributed by atoms with E-state index >= 15 is 0 Å². The molecule has 0 aliphatic carbocycles. The van der Waals surface area contributed by atoms with Crippen molar-refractivity contribution in [1.82, 2.24) is 9.80 Å². The van der Waals surface area contributed by atoms with Crippen molar-refractivity contribution >= 4 is 17.5 Å². The highest BCUT2D eigenvalue weighted by atomic mass is 16.2. The Morgan fingerprint density at radius 3 is 2.88 bits per heavy atom. The van der Waals surface area contributed by atoms with E-state index in [0.717, 1.165) is 69.8 Å². The molecule has 6 heteroatoms. The summed E-state index contributed by atoms with van der Waals surface area (Å²) in [7, 11) is 0. The molecule has 0 aromatic heterocycles. The van der Waals surface area contributed by atoms with Crippen LogP contribution in [-0.4, -0.2) is 67.4 Å². The third-order valence-electron chi connectivity index (χ3n) is 5.84. The molecule has 1 atom stereocenters. The van der Waals surface area contributed by atoms with Crippen LogP contribution in [0, 0.1) is 5.92 Å². The van der Waals surface area contributed by atoms with Crippen molar-refractivity contribution in [1.29, 1.82) is 0 Å². The lowest BCUT2D eigenvalue weighted by Crippen LogP contribution is -2.45. The monoisotopic (exact) mass is 342 g/mol. The maximum atomic E-state index is 13.0. The molecular formula is C19H26N4O2. The van der Waals surface area contributed by atoms with E-state index < -0.39 is 0 Å². The molecule has 0 unspecified atom stereocenters. The molecule has 0 saturated carbocycles. The maximum absolute atomic E-state index is 13.0. The van der Waals surface area contributed by atoms with Crippen molar-refractivity contribution in [2.75, 3.05) is 50.7 Å². The summed E-state index contributed by atoms with van der Waals surface area (Å²) in [5.41, 5.74) is 8.77. The Hall–Kier alpha value is -2.08. The van der Waals surface area contributed by atoms with E-state index in [1.54, 1.807) is 0 Å². The van der Waals surface area contributed by atoms with Crippen molar-refractivity contribution in [3.8, 4) is 0 Å². The van der Waals surface area contributed by atoms with Gasteiger partial charge in [-0.25, -0.2) is 0 Å². The van der Waals surface area contributed by atoms with Crippen LogP contribution >= 0.6 is 0 Å². The first-order valence-corrected chi connectivity index (χ1v) is 9.31. The van der Waals surface area contributed by atoms with Gasteiger partial charge in [0.25, 0.3) is 5.91 Å². The highest BCUT2D eigenvalue weighted by molar-refractivity contribution is 6.01. The number of rotatable bonds is 4. The number of carbonyl (C=O) groups excluding carboxylic acids is 2. The predicted octanol–water partition coefficient (Wildman–Crippen LogP) is 0.702. The molecule has 3 heterocycles. The molecule has 134 valence electrons. The number of hydrogen-bond acceptors (Lipinski definition) is 4. The van der Waals surface area contributed by atoms with E-state index in [9.17, 15) is 9.59 Å². The highest BCUT2D eigenvalue weighted by Gasteiger charge is 2.31. The largest absolute Gasteiger partial charge is 0.369 e. The number of nitrogens with two attached hydrogens (primary N) is 1. The van der Waals surface area contributed by atoms with Crippen molar-refractivity contribution < 1.29 is 9.59 Å². The Labute approximate surface area is 148 Å². The fourth-order valence-electron chi connectivity index (χ4n) is 4.41. The van der Waals surface area contributed by atoms with Crippen LogP contribution in [0.15, 0.2) is 18.2 Å². The summed E-state index contributed by atoms with van der Waals surface area (Å²) in [6.07, 6.45) is 2.93. The number of nitrogens with zero attached hydrogens (tertiary/aromatic N) is 3. The zero-order valence-electron chi connectivity index (χ0n) is 14.6. The fraction of sp³-hybridized carbons (Fsp3) is 0.579. The Kier molecular flexibility index (Phi) is 4.37. The normalized spacial score (nSPS) is 23.5. The van der Waals surface area contributed by atoms with Gasteiger partial charge in [-0.1, -0.05) is 12.1 Å². The molecule has 2 amide bonds. The number of anilines is 1. The zero-order chi connectivity index (χ0) is 17.4. The SMILES string of the molecule is NC(=O)[C@H]1CCCN(CCN2CCN3CCc4cccc(c43)C2=O)C1. The van der Waals surface area contributed by atoms with Gasteiger partial charge in [-0.05, 0) is 37.4 Å². The molecule has 1 fully saturated rings. The van der Waals surface area contributed by atoms with Gasteiger partial charge in [-0.15, -0.1) is 0 Å². The number of para-hydroxylation sites is 1. The van der Waals surface area contributed by atoms with Crippen LogP contribution in [0.4, 0.5) is 5.69 Å². The first kappa shape index (κ1) is 16.4. The topological polar surface area (TPSA) is 69.9 Å². The first-order valence-electron chi connectivity index (χ1n) is 9.31. The summed E-state index contributed by atoms with van der Waals surface area (Å²) < 4.78 is 0. The standard InChI is InChI=1S/C19H26N4O2/c20-18(24)15-4-2-7-21(13-15)9-10-23-12-11-22-8-6-14-3-1-5-16(17(14)22)19(23)25/h1,3,5,15H,2,4,6-13H2,(H2,20,24)/t15-/m0/s1. The second-order valence-electron chi connectivity index (χ2n) is 7.38. The molecular weight excluding hydrogens is 316 g/mol. The summed E-state index contributed by atoms with van der Waals surface area (Å²) in [5, 5.41) is 0. The van der Waals surface area contributed by atoms with E-state index in [4.69, 9.17) is 5.73 Å². The van der Waals surface area contributed by atoms with Gasteiger partial charge in [0.1, 0.15) is 0 Å². The van der Waals surface area contributed by atoms with Gasteiger partial charge in [0, 0.05) is 39.3 Å². The summed E-state index contributed by atoms with van der Waals surface area (Å²) in [6.45, 7) is 5.91. The number of hydrogen-bond donors (Lipinski definition) is 1. The smallest absolute Gasteiger partial charge is 0.256 e. The van der Waals surface area contributed by atoms with Gasteiger partial charge in [0.2, 0.25) is 5.91 Å². The minimum absolute atomic E-state index is 0.0436. The Morgan fingerprint density at radius 1 is 1.16 bits per heavy atom. The highest BCUT2D eigenvalue weighted by Crippen LogP contribution is 2.34. The Morgan fingerprint density at radius 2 is 2.04 bits per heavy atom. The van der Waals surface area contributed by atoms with Gasteiger partial charge in [0.15, 0.2) is 0 Å². The molecule has 2 N–H and O–H groups in total. The molecule has 1 aromatic rings. The lowest BCUT2D eigenvalue weighted by atomic mass is 9.97. The van der Waals surface area contributed by atoms with Crippen LogP contribution < -0.4 is 10.6 Å². The van der Waals surface area contributed by atoms with E-state index in [1.807, 2.05) is 17.0 Å². The molecule has 6 nitrogen and oxygen atoms in total. The summed E-state index contributed by atoms with van der Waals surface area (Å²) in [5.74, 6) is -0.0996. The van der Waals surface area contributed by atoms with E-state index in [0.29, 0.717) is 6.54 Å². The van der Waals surface area contributed by atoms with Crippen molar-refractivity contribution in [3.63, 3.8) is 0 Å². The van der Waals surface area contributed by atoms with Gasteiger partial charge < -0.3 is 20.4 Å². The van der Waals surface area contributed by atoms with Gasteiger partial charge >= 0.3 is 0 Å². The molecule has 3 aliphatic rings. The van der Waals surface area contributed by atoms with Gasteiger partial charge in [-0.3, -0.25) is 9.59 Å². The Balaban J connectivity index is 1.43. The number of likely N-dealkylation sites (tertiary alicyclic amines) is 1. The lowest BCUT2D eigenvalue weighted by molar-refractivity contribution is -0.123. The summed E-state index contributed by atoms with van der Waals surface area (Å²) in [6, 6.07) is 6.10. The number of primary amides is 1. The molecule has 4 rings (SSSR count). The van der Waals surface area contributed by atoms with Crippen LogP contribution in [0.5, 0.6) is 0 Å². The average Bonchev–Trinajstić information content (AvgIpc) is 2.98. The molecule has 0 spiro atoms. The van der Waals surface area contributed by atoms with Gasteiger partial charge in [-0.2, -0.15) is 0 Å². The number of carbonyl (C=O) groups is 2. The summed E-state index contributed by atoms with van der Waals surface area (Å²) >= 11 is 0. The second-order valence-corrected chi connectivity index (χ2v) is 7.38. The summed E-state index contributed by atoms with van der Waals surface area (Å²) in [4.78, 5) is 31.1. The maximum Gasteiger partial charge on any atom is 0.256 e. The predicted molar refractivity (Wildman–Crippen MR) is 96.6 cm³/mol. The van der Waals surface area contributed by atoms with Crippen molar-refractivity contribution in [2.24, 2.45) is 11.7 Å². The molecule has 1 saturated heterocycles. The number of benzene rings is 1. The van der Waals surface area contributed by atoms with E-state index in [1.165, 1.54) is 5.56 Å². The van der Waals surface area contributed by atoms with Crippen molar-refractivity contribution in [2.45, 2.75) is 19.3 Å². The average molecular weight is 342 g/mol. The molecule has 0 radical (unpaired) electrons. The zero-order valence-corrected chi connectivity index (χ0v) is 14.6. The van der Waals surface area contributed by atoms with Crippen LogP contribution in [-0.2, 0) is 11.2 Å². The quantitative estimate of drug-likeness (QED) is 0.875. The van der Waals surface area contributed by atoms with Crippen LogP contribution in [0.25, 0.3) is 0 Å². The first-order chi connectivity index (χ1) is 12.1. The second kappa shape index (κ2) is 6.67. The third-order valence-corrected chi connectivity index (χ3v) is 5.84. The number of amides is 2. The minimum atomic E-state index is -0.199. The Bertz CT molecular complexity index is 690. The van der Waals surface area contributed by atoms with Crippen LogP contribution in [0.2, 0.25) is 0 Å². The van der Waals surface area contributed by atoms with Crippen LogP contribution in [0.3, 0.4) is 0 Å². The molecule has 0 bridgehead atoms. The molecule has 1 aromatic carbocycles. The third kappa shape index (κ3) is 3.11. The lowest BCUT2D eigenvalue weighted by Gasteiger charge is -2.33. The van der Waals surface area contributed by atoms with Crippen LogP contribution in [0.1, 0.15) is 28.8 Å². The van der Waals surface area contributed by atoms with E-state index in [2.05, 4.69) is 15.9 Å². The van der Waals surface area contributed by atoms with E-state index in [-0.39, 0.29) is 17.7 Å². The fourth-order valence-corrected chi connectivity index (χ4v) is 4.41. The number of piperidine rings is 1. The van der Waals surface area contributed by atoms with Gasteiger partial charge in [0.05, 0.1) is 17.2 Å².